The maximum absolute atomic E-state index is 5.94. The molecule has 12 heavy (non-hydrogen) atoms. The minimum Gasteiger partial charge on any atom is -0.394 e. The maximum Gasteiger partial charge on any atom is 0.335 e. The second-order valence-corrected chi connectivity index (χ2v) is 7.29. The summed E-state index contributed by atoms with van der Waals surface area (Å²) in [5.74, 6) is 0.700. The van der Waals surface area contributed by atoms with Crippen LogP contribution in [0.3, 0.4) is 0 Å². The highest BCUT2D eigenvalue weighted by molar-refractivity contribution is 6.66. The molecule has 0 spiro atoms. The lowest BCUT2D eigenvalue weighted by Gasteiger charge is -2.24. The molecule has 0 saturated carbocycles. The predicted octanol–water partition coefficient (Wildman–Crippen LogP) is 2.54. The average molecular weight is 188 g/mol. The minimum absolute atomic E-state index is 0.368. The largest absolute Gasteiger partial charge is 0.394 e. The van der Waals surface area contributed by atoms with Gasteiger partial charge in [0.05, 0.1) is 0 Å². The van der Waals surface area contributed by atoms with E-state index in [-0.39, 0.29) is 0 Å². The van der Waals surface area contributed by atoms with E-state index in [0.717, 1.165) is 19.1 Å². The first kappa shape index (κ1) is 10.2. The van der Waals surface area contributed by atoms with Crippen molar-refractivity contribution in [3.05, 3.63) is 0 Å². The summed E-state index contributed by atoms with van der Waals surface area (Å²) in [7, 11) is -1.73. The molecule has 0 N–H and O–H groups in total. The van der Waals surface area contributed by atoms with Crippen LogP contribution in [0.2, 0.25) is 12.6 Å². The zero-order chi connectivity index (χ0) is 9.19. The van der Waals surface area contributed by atoms with Crippen molar-refractivity contribution >= 4 is 8.56 Å². The molecular formula is C9H20O2Si. The van der Waals surface area contributed by atoms with Gasteiger partial charge < -0.3 is 8.85 Å². The van der Waals surface area contributed by atoms with Crippen LogP contribution in [0.4, 0.5) is 0 Å². The summed E-state index contributed by atoms with van der Waals surface area (Å²) in [5.41, 5.74) is 0. The van der Waals surface area contributed by atoms with Gasteiger partial charge in [0, 0.05) is 12.7 Å². The Kier molecular flexibility index (Phi) is 3.32. The minimum atomic E-state index is -1.73. The fraction of sp³-hybridized carbons (Fsp3) is 1.00. The molecule has 0 radical (unpaired) electrons. The predicted molar refractivity (Wildman–Crippen MR) is 52.4 cm³/mol. The van der Waals surface area contributed by atoms with Crippen LogP contribution in [0.1, 0.15) is 27.2 Å². The van der Waals surface area contributed by atoms with E-state index in [1.165, 1.54) is 0 Å². The molecule has 3 heteroatoms. The van der Waals surface area contributed by atoms with E-state index in [1.54, 1.807) is 0 Å². The molecule has 1 aliphatic rings. The Bertz CT molecular complexity index is 151. The van der Waals surface area contributed by atoms with Gasteiger partial charge in [0.15, 0.2) is 0 Å². The molecule has 1 fully saturated rings. The molecule has 1 aliphatic heterocycles. The van der Waals surface area contributed by atoms with E-state index in [9.17, 15) is 0 Å². The average Bonchev–Trinajstić information content (AvgIpc) is 2.30. The van der Waals surface area contributed by atoms with Crippen LogP contribution >= 0.6 is 0 Å². The lowest BCUT2D eigenvalue weighted by molar-refractivity contribution is 0.142. The first-order chi connectivity index (χ1) is 5.56. The Morgan fingerprint density at radius 2 is 2.33 bits per heavy atom. The highest BCUT2D eigenvalue weighted by atomic mass is 28.4. The third-order valence-electron chi connectivity index (χ3n) is 2.42. The first-order valence-electron chi connectivity index (χ1n) is 4.87. The number of hydrogen-bond acceptors (Lipinski definition) is 2. The number of hydrogen-bond donors (Lipinski definition) is 0. The van der Waals surface area contributed by atoms with Crippen molar-refractivity contribution in [3.8, 4) is 0 Å². The Balaban J connectivity index is 2.39. The highest BCUT2D eigenvalue weighted by Crippen LogP contribution is 2.29. The van der Waals surface area contributed by atoms with Crippen molar-refractivity contribution in [1.82, 2.24) is 0 Å². The van der Waals surface area contributed by atoms with Gasteiger partial charge in [0.2, 0.25) is 0 Å². The summed E-state index contributed by atoms with van der Waals surface area (Å²) >= 11 is 0. The van der Waals surface area contributed by atoms with E-state index in [4.69, 9.17) is 8.85 Å². The Morgan fingerprint density at radius 1 is 1.67 bits per heavy atom. The monoisotopic (exact) mass is 188 g/mol. The van der Waals surface area contributed by atoms with Crippen molar-refractivity contribution in [2.45, 2.75) is 45.9 Å². The summed E-state index contributed by atoms with van der Waals surface area (Å²) in [6.07, 6.45) is 1.45. The fourth-order valence-electron chi connectivity index (χ4n) is 1.66. The van der Waals surface area contributed by atoms with Gasteiger partial charge >= 0.3 is 8.56 Å². The van der Waals surface area contributed by atoms with E-state index >= 15 is 0 Å². The van der Waals surface area contributed by atoms with Crippen LogP contribution < -0.4 is 0 Å². The molecule has 0 aliphatic carbocycles. The highest BCUT2D eigenvalue weighted by Gasteiger charge is 2.40. The normalized spacial score (nSPS) is 38.5. The van der Waals surface area contributed by atoms with Crippen LogP contribution in [0, 0.1) is 5.92 Å². The van der Waals surface area contributed by atoms with E-state index in [0.29, 0.717) is 12.0 Å². The SMILES string of the molecule is CCC(C)O[Si]1(C)CC(C)CO1. The summed E-state index contributed by atoms with van der Waals surface area (Å²) in [5, 5.41) is 0. The summed E-state index contributed by atoms with van der Waals surface area (Å²) < 4.78 is 11.7. The third kappa shape index (κ3) is 2.57. The molecule has 2 nitrogen and oxygen atoms in total. The van der Waals surface area contributed by atoms with Crippen molar-refractivity contribution in [2.75, 3.05) is 6.61 Å². The van der Waals surface area contributed by atoms with Gasteiger partial charge in [0.25, 0.3) is 0 Å². The van der Waals surface area contributed by atoms with Crippen molar-refractivity contribution in [3.63, 3.8) is 0 Å². The summed E-state index contributed by atoms with van der Waals surface area (Å²) in [6, 6.07) is 1.16. The van der Waals surface area contributed by atoms with Gasteiger partial charge in [-0.05, 0) is 31.9 Å². The quantitative estimate of drug-likeness (QED) is 0.634. The second-order valence-electron chi connectivity index (χ2n) is 4.09. The van der Waals surface area contributed by atoms with E-state index in [2.05, 4.69) is 27.3 Å². The summed E-state index contributed by atoms with van der Waals surface area (Å²) in [6.45, 7) is 9.60. The molecule has 3 unspecified atom stereocenters. The molecule has 0 amide bonds. The topological polar surface area (TPSA) is 18.5 Å². The Labute approximate surface area is 76.5 Å². The lowest BCUT2D eigenvalue weighted by Crippen LogP contribution is -2.37. The van der Waals surface area contributed by atoms with Gasteiger partial charge in [-0.25, -0.2) is 0 Å². The standard InChI is InChI=1S/C9H20O2Si/c1-5-9(3)11-12(4)7-8(2)6-10-12/h8-9H,5-7H2,1-4H3. The van der Waals surface area contributed by atoms with Crippen molar-refractivity contribution in [2.24, 2.45) is 5.92 Å². The van der Waals surface area contributed by atoms with Crippen molar-refractivity contribution in [1.29, 1.82) is 0 Å². The summed E-state index contributed by atoms with van der Waals surface area (Å²) in [4.78, 5) is 0. The zero-order valence-electron chi connectivity index (χ0n) is 8.59. The van der Waals surface area contributed by atoms with Gasteiger partial charge in [-0.2, -0.15) is 0 Å². The molecule has 3 atom stereocenters. The van der Waals surface area contributed by atoms with E-state index < -0.39 is 8.56 Å². The third-order valence-corrected chi connectivity index (χ3v) is 5.53. The maximum atomic E-state index is 5.94. The van der Waals surface area contributed by atoms with E-state index in [1.807, 2.05) is 0 Å². The van der Waals surface area contributed by atoms with Crippen LogP contribution in [-0.4, -0.2) is 21.3 Å². The van der Waals surface area contributed by atoms with Gasteiger partial charge in [-0.3, -0.25) is 0 Å². The lowest BCUT2D eigenvalue weighted by atomic mass is 10.2. The van der Waals surface area contributed by atoms with Crippen molar-refractivity contribution < 1.29 is 8.85 Å². The smallest absolute Gasteiger partial charge is 0.335 e. The Hall–Kier alpha value is 0.137. The molecule has 72 valence electrons. The molecule has 0 bridgehead atoms. The molecule has 0 aromatic heterocycles. The molecular weight excluding hydrogens is 168 g/mol. The van der Waals surface area contributed by atoms with Gasteiger partial charge in [-0.15, -0.1) is 0 Å². The fourth-order valence-corrected chi connectivity index (χ4v) is 4.98. The molecule has 1 heterocycles. The van der Waals surface area contributed by atoms with Gasteiger partial charge in [0.1, 0.15) is 0 Å². The van der Waals surface area contributed by atoms with Crippen LogP contribution in [-0.2, 0) is 8.85 Å². The molecule has 0 aromatic rings. The zero-order valence-corrected chi connectivity index (χ0v) is 9.59. The Morgan fingerprint density at radius 3 is 2.75 bits per heavy atom. The molecule has 1 rings (SSSR count). The number of rotatable bonds is 3. The second kappa shape index (κ2) is 3.90. The first-order valence-corrected chi connectivity index (χ1v) is 7.40. The van der Waals surface area contributed by atoms with Gasteiger partial charge in [-0.1, -0.05) is 13.8 Å². The molecule has 0 aromatic carbocycles. The van der Waals surface area contributed by atoms with Crippen LogP contribution in [0.25, 0.3) is 0 Å². The van der Waals surface area contributed by atoms with Crippen LogP contribution in [0.15, 0.2) is 0 Å². The van der Waals surface area contributed by atoms with Crippen LogP contribution in [0.5, 0.6) is 0 Å². The molecule has 1 saturated heterocycles.